The quantitative estimate of drug-likeness (QED) is 0.720. The van der Waals surface area contributed by atoms with Crippen molar-refractivity contribution in [2.75, 3.05) is 0 Å². The highest BCUT2D eigenvalue weighted by Gasteiger charge is 2.12. The van der Waals surface area contributed by atoms with E-state index >= 15 is 0 Å². The van der Waals surface area contributed by atoms with Gasteiger partial charge in [-0.1, -0.05) is 0 Å². The molecule has 2 aromatic heterocycles. The van der Waals surface area contributed by atoms with Crippen LogP contribution >= 0.6 is 11.3 Å². The van der Waals surface area contributed by atoms with Crippen LogP contribution in [0.5, 0.6) is 0 Å². The minimum absolute atomic E-state index is 0.0673. The Morgan fingerprint density at radius 3 is 3.14 bits per heavy atom. The number of imidazole rings is 1. The second-order valence-electron chi connectivity index (χ2n) is 2.89. The largest absolute Gasteiger partial charge is 0.319 e. The summed E-state index contributed by atoms with van der Waals surface area (Å²) in [5, 5.41) is 2.90. The van der Waals surface area contributed by atoms with Crippen molar-refractivity contribution in [2.24, 2.45) is 0 Å². The molecule has 2 rings (SSSR count). The molecule has 0 aromatic carbocycles. The van der Waals surface area contributed by atoms with Gasteiger partial charge in [0.15, 0.2) is 6.29 Å². The summed E-state index contributed by atoms with van der Waals surface area (Å²) < 4.78 is 1.81. The summed E-state index contributed by atoms with van der Waals surface area (Å²) in [4.78, 5) is 18.8. The molecule has 0 saturated carbocycles. The van der Waals surface area contributed by atoms with E-state index in [1.165, 1.54) is 0 Å². The Morgan fingerprint density at radius 2 is 2.50 bits per heavy atom. The highest BCUT2D eigenvalue weighted by Crippen LogP contribution is 2.20. The highest BCUT2D eigenvalue weighted by atomic mass is 32.1. The topological polar surface area (TPSA) is 47.8 Å². The number of aldehydes is 1. The lowest BCUT2D eigenvalue weighted by atomic mass is 10.3. The van der Waals surface area contributed by atoms with Crippen LogP contribution < -0.4 is 0 Å². The molecule has 14 heavy (non-hydrogen) atoms. The number of carbonyl (C=O) groups excluding carboxylic acids is 1. The smallest absolute Gasteiger partial charge is 0.168 e. The third-order valence-electron chi connectivity index (χ3n) is 2.04. The zero-order chi connectivity index (χ0) is 9.97. The zero-order valence-corrected chi connectivity index (χ0v) is 8.44. The average molecular weight is 207 g/mol. The van der Waals surface area contributed by atoms with E-state index in [-0.39, 0.29) is 6.04 Å². The van der Waals surface area contributed by atoms with Crippen molar-refractivity contribution in [3.63, 3.8) is 0 Å². The van der Waals surface area contributed by atoms with Crippen LogP contribution in [0.4, 0.5) is 0 Å². The Morgan fingerprint density at radius 1 is 1.64 bits per heavy atom. The number of carbonyl (C=O) groups is 1. The summed E-state index contributed by atoms with van der Waals surface area (Å²) in [6.07, 6.45) is 5.76. The summed E-state index contributed by atoms with van der Waals surface area (Å²) in [6, 6.07) is 0.0673. The maximum Gasteiger partial charge on any atom is 0.168 e. The normalized spacial score (nSPS) is 12.6. The van der Waals surface area contributed by atoms with Crippen LogP contribution in [0.1, 0.15) is 28.5 Å². The summed E-state index contributed by atoms with van der Waals surface area (Å²) >= 11 is 1.57. The van der Waals surface area contributed by atoms with Crippen molar-refractivity contribution < 1.29 is 4.79 Å². The van der Waals surface area contributed by atoms with Gasteiger partial charge in [0, 0.05) is 11.6 Å². The number of thiazole rings is 1. The Hall–Kier alpha value is -1.49. The SMILES string of the molecule is CC(c1nccs1)n1cncc1C=O. The van der Waals surface area contributed by atoms with Crippen LogP contribution in [0.15, 0.2) is 24.1 Å². The number of nitrogens with zero attached hydrogens (tertiary/aromatic N) is 3. The van der Waals surface area contributed by atoms with Crippen LogP contribution in [-0.2, 0) is 0 Å². The number of rotatable bonds is 3. The molecule has 0 spiro atoms. The lowest BCUT2D eigenvalue weighted by Gasteiger charge is -2.10. The van der Waals surface area contributed by atoms with Crippen LogP contribution in [0.3, 0.4) is 0 Å². The Kier molecular flexibility index (Phi) is 2.41. The van der Waals surface area contributed by atoms with Crippen LogP contribution in [0.2, 0.25) is 0 Å². The third-order valence-corrected chi connectivity index (χ3v) is 2.99. The first-order valence-electron chi connectivity index (χ1n) is 4.19. The van der Waals surface area contributed by atoms with Gasteiger partial charge in [0.25, 0.3) is 0 Å². The second-order valence-corrected chi connectivity index (χ2v) is 3.82. The van der Waals surface area contributed by atoms with E-state index in [1.807, 2.05) is 16.9 Å². The third kappa shape index (κ3) is 1.46. The van der Waals surface area contributed by atoms with Crippen molar-refractivity contribution in [1.29, 1.82) is 0 Å². The summed E-state index contributed by atoms with van der Waals surface area (Å²) in [7, 11) is 0. The molecule has 72 valence electrons. The molecular formula is C9H9N3OS. The first-order chi connectivity index (χ1) is 6.83. The molecule has 0 fully saturated rings. The number of hydrogen-bond donors (Lipinski definition) is 0. The van der Waals surface area contributed by atoms with Crippen molar-refractivity contribution in [3.8, 4) is 0 Å². The molecule has 0 aliphatic rings. The molecule has 0 aliphatic carbocycles. The fourth-order valence-corrected chi connectivity index (χ4v) is 1.98. The Bertz CT molecular complexity index is 421. The summed E-state index contributed by atoms with van der Waals surface area (Å²) in [5.74, 6) is 0. The summed E-state index contributed by atoms with van der Waals surface area (Å²) in [5.41, 5.74) is 0.577. The van der Waals surface area contributed by atoms with Crippen LogP contribution in [-0.4, -0.2) is 20.8 Å². The van der Waals surface area contributed by atoms with Crippen molar-refractivity contribution >= 4 is 17.6 Å². The molecule has 2 heterocycles. The first kappa shape index (κ1) is 9.08. The van der Waals surface area contributed by atoms with Crippen molar-refractivity contribution in [2.45, 2.75) is 13.0 Å². The molecule has 1 unspecified atom stereocenters. The van der Waals surface area contributed by atoms with Gasteiger partial charge in [0.2, 0.25) is 0 Å². The fraction of sp³-hybridized carbons (Fsp3) is 0.222. The first-order valence-corrected chi connectivity index (χ1v) is 5.07. The van der Waals surface area contributed by atoms with E-state index in [9.17, 15) is 4.79 Å². The monoisotopic (exact) mass is 207 g/mol. The highest BCUT2D eigenvalue weighted by molar-refractivity contribution is 7.09. The van der Waals surface area contributed by atoms with E-state index in [0.717, 1.165) is 11.3 Å². The molecule has 2 aromatic rings. The maximum atomic E-state index is 10.7. The molecule has 5 heteroatoms. The van der Waals surface area contributed by atoms with Gasteiger partial charge >= 0.3 is 0 Å². The number of hydrogen-bond acceptors (Lipinski definition) is 4. The Labute approximate surface area is 85.2 Å². The lowest BCUT2D eigenvalue weighted by molar-refractivity contribution is 0.111. The molecule has 0 N–H and O–H groups in total. The van der Waals surface area contributed by atoms with Crippen molar-refractivity contribution in [1.82, 2.24) is 14.5 Å². The molecule has 1 atom stereocenters. The molecular weight excluding hydrogens is 198 g/mol. The predicted octanol–water partition coefficient (Wildman–Crippen LogP) is 1.76. The molecule has 0 bridgehead atoms. The average Bonchev–Trinajstić information content (AvgIpc) is 2.87. The van der Waals surface area contributed by atoms with Crippen LogP contribution in [0.25, 0.3) is 0 Å². The molecule has 0 aliphatic heterocycles. The molecule has 0 radical (unpaired) electrons. The molecule has 0 amide bonds. The fourth-order valence-electron chi connectivity index (χ4n) is 1.29. The van der Waals surface area contributed by atoms with E-state index in [2.05, 4.69) is 9.97 Å². The standard InChI is InChI=1S/C9H9N3OS/c1-7(9-11-2-3-14-9)12-6-10-4-8(12)5-13/h2-7H,1H3. The number of aromatic nitrogens is 3. The van der Waals surface area contributed by atoms with Gasteiger partial charge in [-0.05, 0) is 6.92 Å². The maximum absolute atomic E-state index is 10.7. The minimum Gasteiger partial charge on any atom is -0.319 e. The van der Waals surface area contributed by atoms with Gasteiger partial charge in [-0.15, -0.1) is 11.3 Å². The van der Waals surface area contributed by atoms with Gasteiger partial charge in [0.05, 0.1) is 18.6 Å². The van der Waals surface area contributed by atoms with E-state index in [1.54, 1.807) is 30.1 Å². The van der Waals surface area contributed by atoms with Gasteiger partial charge in [-0.3, -0.25) is 4.79 Å². The zero-order valence-electron chi connectivity index (χ0n) is 7.62. The van der Waals surface area contributed by atoms with E-state index in [4.69, 9.17) is 0 Å². The van der Waals surface area contributed by atoms with Gasteiger partial charge < -0.3 is 4.57 Å². The second kappa shape index (κ2) is 3.71. The molecule has 4 nitrogen and oxygen atoms in total. The minimum atomic E-state index is 0.0673. The van der Waals surface area contributed by atoms with E-state index in [0.29, 0.717) is 5.69 Å². The van der Waals surface area contributed by atoms with Gasteiger partial charge in [-0.2, -0.15) is 0 Å². The van der Waals surface area contributed by atoms with Gasteiger partial charge in [0.1, 0.15) is 10.7 Å². The Balaban J connectivity index is 2.36. The van der Waals surface area contributed by atoms with E-state index < -0.39 is 0 Å². The summed E-state index contributed by atoms with van der Waals surface area (Å²) in [6.45, 7) is 1.99. The van der Waals surface area contributed by atoms with Crippen LogP contribution in [0, 0.1) is 0 Å². The molecule has 0 saturated heterocycles. The van der Waals surface area contributed by atoms with Crippen molar-refractivity contribution in [3.05, 3.63) is 34.8 Å². The predicted molar refractivity (Wildman–Crippen MR) is 53.5 cm³/mol. The lowest BCUT2D eigenvalue weighted by Crippen LogP contribution is -2.08. The van der Waals surface area contributed by atoms with Gasteiger partial charge in [-0.25, -0.2) is 9.97 Å².